The highest BCUT2D eigenvalue weighted by Gasteiger charge is 2.20. The van der Waals surface area contributed by atoms with Gasteiger partial charge >= 0.3 is 5.97 Å². The second-order valence-electron chi connectivity index (χ2n) is 5.52. The van der Waals surface area contributed by atoms with Gasteiger partial charge in [0.25, 0.3) is 5.89 Å². The molecule has 0 saturated carbocycles. The van der Waals surface area contributed by atoms with Crippen molar-refractivity contribution in [3.63, 3.8) is 0 Å². The quantitative estimate of drug-likeness (QED) is 0.486. The average molecular weight is 370 g/mol. The summed E-state index contributed by atoms with van der Waals surface area (Å²) in [5, 5.41) is 8.43. The van der Waals surface area contributed by atoms with Gasteiger partial charge in [-0.05, 0) is 36.6 Å². The van der Waals surface area contributed by atoms with Gasteiger partial charge in [0.2, 0.25) is 11.6 Å². The summed E-state index contributed by atoms with van der Waals surface area (Å²) in [5.74, 6) is 0.933. The van der Waals surface area contributed by atoms with E-state index in [0.717, 1.165) is 10.9 Å². The van der Waals surface area contributed by atoms with Crippen LogP contribution in [0.5, 0.6) is 5.75 Å². The molecule has 0 N–H and O–H groups in total. The monoisotopic (exact) mass is 370 g/mol. The molecular formula is C18H14N2O5S. The molecule has 26 heavy (non-hydrogen) atoms. The van der Waals surface area contributed by atoms with E-state index < -0.39 is 5.97 Å². The van der Waals surface area contributed by atoms with Crippen molar-refractivity contribution in [2.24, 2.45) is 0 Å². The number of furan rings is 1. The first-order chi connectivity index (χ1) is 12.7. The van der Waals surface area contributed by atoms with Crippen LogP contribution >= 0.6 is 11.3 Å². The van der Waals surface area contributed by atoms with Crippen molar-refractivity contribution in [3.8, 4) is 17.2 Å². The number of rotatable bonds is 5. The van der Waals surface area contributed by atoms with Crippen LogP contribution in [0.3, 0.4) is 0 Å². The number of aromatic nitrogens is 2. The van der Waals surface area contributed by atoms with Gasteiger partial charge in [0.15, 0.2) is 6.61 Å². The second-order valence-corrected chi connectivity index (χ2v) is 6.30. The summed E-state index contributed by atoms with van der Waals surface area (Å²) in [4.78, 5) is 16.6. The number of nitrogens with zero attached hydrogens (tertiary/aromatic N) is 2. The minimum atomic E-state index is -0.584. The lowest BCUT2D eigenvalue weighted by Gasteiger charge is -1.99. The molecule has 4 aromatic rings. The summed E-state index contributed by atoms with van der Waals surface area (Å²) in [6.45, 7) is 1.69. The molecule has 0 atom stereocenters. The smallest absolute Gasteiger partial charge is 0.375 e. The Kier molecular flexibility index (Phi) is 4.18. The number of ether oxygens (including phenoxy) is 2. The van der Waals surface area contributed by atoms with Crippen LogP contribution in [0.15, 0.2) is 44.0 Å². The van der Waals surface area contributed by atoms with E-state index in [0.29, 0.717) is 22.8 Å². The van der Waals surface area contributed by atoms with Gasteiger partial charge in [0.05, 0.1) is 12.7 Å². The van der Waals surface area contributed by atoms with Crippen LogP contribution in [0.25, 0.3) is 22.4 Å². The van der Waals surface area contributed by atoms with Gasteiger partial charge in [-0.15, -0.1) is 0 Å². The number of methoxy groups -OCH3 is 1. The lowest BCUT2D eigenvalue weighted by Crippen LogP contribution is -2.06. The van der Waals surface area contributed by atoms with Crippen LogP contribution in [0.1, 0.15) is 21.9 Å². The molecule has 0 fully saturated rings. The van der Waals surface area contributed by atoms with Gasteiger partial charge in [-0.2, -0.15) is 16.3 Å². The minimum Gasteiger partial charge on any atom is -0.497 e. The van der Waals surface area contributed by atoms with Crippen LogP contribution in [0.2, 0.25) is 0 Å². The zero-order valence-electron chi connectivity index (χ0n) is 14.0. The van der Waals surface area contributed by atoms with Gasteiger partial charge in [-0.25, -0.2) is 4.79 Å². The Balaban J connectivity index is 1.50. The number of hydrogen-bond donors (Lipinski definition) is 0. The Morgan fingerprint density at radius 1 is 1.31 bits per heavy atom. The minimum absolute atomic E-state index is 0.105. The molecule has 0 aliphatic carbocycles. The van der Waals surface area contributed by atoms with Gasteiger partial charge in [-0.3, -0.25) is 0 Å². The van der Waals surface area contributed by atoms with E-state index in [1.54, 1.807) is 26.2 Å². The third kappa shape index (κ3) is 2.95. The van der Waals surface area contributed by atoms with Crippen molar-refractivity contribution < 1.29 is 23.2 Å². The highest BCUT2D eigenvalue weighted by atomic mass is 32.1. The SMILES string of the molecule is COc1ccc2oc(C(=O)OCc3noc(-c4ccsc4)n3)c(C)c2c1. The Morgan fingerprint density at radius 3 is 2.96 bits per heavy atom. The van der Waals surface area contributed by atoms with E-state index in [4.69, 9.17) is 18.4 Å². The van der Waals surface area contributed by atoms with E-state index >= 15 is 0 Å². The topological polar surface area (TPSA) is 87.6 Å². The van der Waals surface area contributed by atoms with E-state index in [-0.39, 0.29) is 18.2 Å². The Labute approximate surface area is 152 Å². The number of thiophene rings is 1. The lowest BCUT2D eigenvalue weighted by molar-refractivity contribution is 0.0424. The predicted molar refractivity (Wildman–Crippen MR) is 94.2 cm³/mol. The van der Waals surface area contributed by atoms with Gasteiger partial charge in [-0.1, -0.05) is 5.16 Å². The van der Waals surface area contributed by atoms with Crippen molar-refractivity contribution in [2.45, 2.75) is 13.5 Å². The third-order valence-corrected chi connectivity index (χ3v) is 4.58. The second kappa shape index (κ2) is 6.64. The van der Waals surface area contributed by atoms with Gasteiger partial charge in [0.1, 0.15) is 11.3 Å². The van der Waals surface area contributed by atoms with Gasteiger partial charge in [0, 0.05) is 16.3 Å². The fourth-order valence-corrected chi connectivity index (χ4v) is 3.16. The first-order valence-electron chi connectivity index (χ1n) is 7.75. The van der Waals surface area contributed by atoms with Crippen LogP contribution < -0.4 is 4.74 Å². The number of hydrogen-bond acceptors (Lipinski definition) is 8. The van der Waals surface area contributed by atoms with Crippen molar-refractivity contribution in [2.75, 3.05) is 7.11 Å². The zero-order valence-corrected chi connectivity index (χ0v) is 14.8. The summed E-state index contributed by atoms with van der Waals surface area (Å²) < 4.78 is 21.2. The molecule has 0 aliphatic rings. The standard InChI is InChI=1S/C18H14N2O5S/c1-10-13-7-12(22-2)3-4-14(13)24-16(10)18(21)23-8-15-19-17(25-20-15)11-5-6-26-9-11/h3-7,9H,8H2,1-2H3. The maximum absolute atomic E-state index is 12.4. The molecule has 0 amide bonds. The fourth-order valence-electron chi connectivity index (χ4n) is 2.53. The molecule has 7 nitrogen and oxygen atoms in total. The highest BCUT2D eigenvalue weighted by molar-refractivity contribution is 7.08. The van der Waals surface area contributed by atoms with E-state index in [1.165, 1.54) is 11.3 Å². The first kappa shape index (κ1) is 16.3. The van der Waals surface area contributed by atoms with E-state index in [9.17, 15) is 4.79 Å². The molecular weight excluding hydrogens is 356 g/mol. The highest BCUT2D eigenvalue weighted by Crippen LogP contribution is 2.29. The molecule has 3 aromatic heterocycles. The van der Waals surface area contributed by atoms with Crippen molar-refractivity contribution in [1.29, 1.82) is 0 Å². The largest absolute Gasteiger partial charge is 0.497 e. The molecule has 0 aliphatic heterocycles. The van der Waals surface area contributed by atoms with Crippen molar-refractivity contribution >= 4 is 28.3 Å². The summed E-state index contributed by atoms with van der Waals surface area (Å²) in [7, 11) is 1.58. The Morgan fingerprint density at radius 2 is 2.19 bits per heavy atom. The van der Waals surface area contributed by atoms with Gasteiger partial charge < -0.3 is 18.4 Å². The zero-order chi connectivity index (χ0) is 18.1. The van der Waals surface area contributed by atoms with Crippen LogP contribution in [0.4, 0.5) is 0 Å². The van der Waals surface area contributed by atoms with Crippen molar-refractivity contribution in [1.82, 2.24) is 10.1 Å². The molecule has 3 heterocycles. The Bertz CT molecular complexity index is 1060. The predicted octanol–water partition coefficient (Wildman–Crippen LogP) is 4.22. The van der Waals surface area contributed by atoms with Crippen molar-refractivity contribution in [3.05, 3.63) is 52.2 Å². The molecule has 8 heteroatoms. The third-order valence-electron chi connectivity index (χ3n) is 3.90. The number of aryl methyl sites for hydroxylation is 1. The first-order valence-corrected chi connectivity index (χ1v) is 8.69. The summed E-state index contributed by atoms with van der Waals surface area (Å²) in [6.07, 6.45) is 0. The maximum atomic E-state index is 12.4. The van der Waals surface area contributed by atoms with Crippen LogP contribution in [-0.2, 0) is 11.3 Å². The number of esters is 1. The molecule has 0 saturated heterocycles. The van der Waals surface area contributed by atoms with E-state index in [2.05, 4.69) is 10.1 Å². The molecule has 132 valence electrons. The molecule has 0 spiro atoms. The number of carbonyl (C=O) groups is 1. The van der Waals surface area contributed by atoms with Crippen LogP contribution in [-0.4, -0.2) is 23.2 Å². The molecule has 0 unspecified atom stereocenters. The Hall–Kier alpha value is -3.13. The fraction of sp³-hybridized carbons (Fsp3) is 0.167. The number of fused-ring (bicyclic) bond motifs is 1. The number of benzene rings is 1. The summed E-state index contributed by atoms with van der Waals surface area (Å²) in [5.41, 5.74) is 2.12. The maximum Gasteiger partial charge on any atom is 0.375 e. The molecule has 1 aromatic carbocycles. The summed E-state index contributed by atoms with van der Waals surface area (Å²) in [6, 6.07) is 7.22. The summed E-state index contributed by atoms with van der Waals surface area (Å²) >= 11 is 1.53. The number of carbonyl (C=O) groups excluding carboxylic acids is 1. The normalized spacial score (nSPS) is 11.0. The molecule has 0 radical (unpaired) electrons. The van der Waals surface area contributed by atoms with Crippen LogP contribution in [0, 0.1) is 6.92 Å². The average Bonchev–Trinajstić information content (AvgIpc) is 3.39. The van der Waals surface area contributed by atoms with E-state index in [1.807, 2.05) is 22.9 Å². The molecule has 0 bridgehead atoms. The lowest BCUT2D eigenvalue weighted by atomic mass is 10.1. The molecule has 4 rings (SSSR count).